The lowest BCUT2D eigenvalue weighted by Gasteiger charge is -2.28. The largest absolute Gasteiger partial charge is 0.393 e. The lowest BCUT2D eigenvalue weighted by Crippen LogP contribution is -2.33. The number of carbonyl (C=O) groups is 1. The molecule has 0 saturated heterocycles. The number of sulfone groups is 1. The Bertz CT molecular complexity index is 1300. The van der Waals surface area contributed by atoms with E-state index < -0.39 is 15.7 Å². The van der Waals surface area contributed by atoms with Crippen LogP contribution in [-0.4, -0.2) is 31.7 Å². The molecule has 1 aromatic heterocycles. The van der Waals surface area contributed by atoms with Gasteiger partial charge in [-0.2, -0.15) is 4.57 Å². The second kappa shape index (κ2) is 8.71. The van der Waals surface area contributed by atoms with Crippen molar-refractivity contribution in [2.75, 3.05) is 5.75 Å². The minimum Gasteiger partial charge on any atom is -0.393 e. The molecule has 1 heterocycles. The third-order valence-electron chi connectivity index (χ3n) is 6.55. The summed E-state index contributed by atoms with van der Waals surface area (Å²) in [5.41, 5.74) is 2.88. The highest BCUT2D eigenvalue weighted by molar-refractivity contribution is 7.91. The Morgan fingerprint density at radius 2 is 1.78 bits per heavy atom. The third kappa shape index (κ3) is 4.07. The summed E-state index contributed by atoms with van der Waals surface area (Å²) in [6, 6.07) is 9.57. The number of aliphatic hydroxyl groups excluding tert-OH is 1. The molecule has 1 fully saturated rings. The van der Waals surface area contributed by atoms with Crippen molar-refractivity contribution < 1.29 is 27.3 Å². The number of benzene rings is 2. The van der Waals surface area contributed by atoms with Gasteiger partial charge in [0.1, 0.15) is 12.9 Å². The van der Waals surface area contributed by atoms with E-state index in [1.165, 1.54) is 12.1 Å². The third-order valence-corrected chi connectivity index (χ3v) is 8.28. The molecule has 0 unspecified atom stereocenters. The van der Waals surface area contributed by atoms with E-state index in [0.717, 1.165) is 29.5 Å². The summed E-state index contributed by atoms with van der Waals surface area (Å²) in [4.78, 5) is 12.0. The van der Waals surface area contributed by atoms with Gasteiger partial charge in [-0.3, -0.25) is 4.79 Å². The van der Waals surface area contributed by atoms with Gasteiger partial charge in [-0.25, -0.2) is 12.8 Å². The molecule has 5 nitrogen and oxygen atoms in total. The van der Waals surface area contributed by atoms with Gasteiger partial charge in [0.25, 0.3) is 5.69 Å². The van der Waals surface area contributed by atoms with E-state index in [1.54, 1.807) is 36.7 Å². The molecule has 3 aromatic rings. The van der Waals surface area contributed by atoms with E-state index in [2.05, 4.69) is 0 Å². The Labute approximate surface area is 187 Å². The molecule has 1 saturated carbocycles. The van der Waals surface area contributed by atoms with Gasteiger partial charge in [0.2, 0.25) is 6.29 Å². The Morgan fingerprint density at radius 1 is 1.06 bits per heavy atom. The summed E-state index contributed by atoms with van der Waals surface area (Å²) in [6.45, 7) is 1.61. The van der Waals surface area contributed by atoms with Crippen molar-refractivity contribution >= 4 is 26.9 Å². The number of aromatic nitrogens is 1. The summed E-state index contributed by atoms with van der Waals surface area (Å²) < 4.78 is 41.0. The Balaban J connectivity index is 2.02. The quantitative estimate of drug-likeness (QED) is 0.463. The summed E-state index contributed by atoms with van der Waals surface area (Å²) in [5, 5.41) is 11.1. The molecule has 1 aliphatic carbocycles. The van der Waals surface area contributed by atoms with Gasteiger partial charge < -0.3 is 5.11 Å². The normalized spacial score (nSPS) is 19.2. The van der Waals surface area contributed by atoms with E-state index >= 15 is 0 Å². The molecule has 2 aromatic carbocycles. The number of nitrogens with zero attached hydrogens (tertiary/aromatic N) is 1. The number of aliphatic hydroxyl groups is 1. The molecule has 0 aliphatic heterocycles. The van der Waals surface area contributed by atoms with E-state index in [0.29, 0.717) is 35.6 Å². The van der Waals surface area contributed by atoms with Gasteiger partial charge in [-0.05, 0) is 67.0 Å². The van der Waals surface area contributed by atoms with Crippen LogP contribution in [0.2, 0.25) is 0 Å². The van der Waals surface area contributed by atoms with Crippen LogP contribution in [0, 0.1) is 5.82 Å². The molecule has 1 N–H and O–H groups in total. The first-order valence-electron chi connectivity index (χ1n) is 10.9. The number of rotatable bonds is 5. The van der Waals surface area contributed by atoms with Gasteiger partial charge >= 0.3 is 0 Å². The lowest BCUT2D eigenvalue weighted by atomic mass is 9.79. The molecule has 7 heteroatoms. The summed E-state index contributed by atoms with van der Waals surface area (Å²) in [5.74, 6) is -0.273. The number of hydrogen-bond acceptors (Lipinski definition) is 4. The molecule has 0 spiro atoms. The van der Waals surface area contributed by atoms with E-state index in [-0.39, 0.29) is 22.7 Å². The molecule has 4 rings (SSSR count). The fraction of sp³-hybridized carbons (Fsp3) is 0.360. The maximum absolute atomic E-state index is 14.1. The highest BCUT2D eigenvalue weighted by atomic mass is 32.2. The molecule has 1 aliphatic rings. The van der Waals surface area contributed by atoms with Gasteiger partial charge in [0, 0.05) is 5.39 Å². The Kier molecular flexibility index (Phi) is 6.14. The fourth-order valence-electron chi connectivity index (χ4n) is 4.72. The lowest BCUT2D eigenvalue weighted by molar-refractivity contribution is -0.671. The van der Waals surface area contributed by atoms with Crippen LogP contribution in [0.25, 0.3) is 21.9 Å². The first-order valence-corrected chi connectivity index (χ1v) is 12.5. The number of fused-ring (bicyclic) bond motifs is 1. The molecule has 168 valence electrons. The monoisotopic (exact) mass is 456 g/mol. The van der Waals surface area contributed by atoms with Crippen LogP contribution in [0.3, 0.4) is 0 Å². The molecule has 0 amide bonds. The van der Waals surface area contributed by atoms with Crippen molar-refractivity contribution in [2.24, 2.45) is 7.05 Å². The van der Waals surface area contributed by atoms with Crippen LogP contribution in [0.1, 0.15) is 54.6 Å². The Morgan fingerprint density at radius 3 is 2.44 bits per heavy atom. The van der Waals surface area contributed by atoms with E-state index in [4.69, 9.17) is 0 Å². The number of pyridine rings is 1. The average Bonchev–Trinajstić information content (AvgIpc) is 2.78. The van der Waals surface area contributed by atoms with Crippen molar-refractivity contribution in [3.63, 3.8) is 0 Å². The predicted molar refractivity (Wildman–Crippen MR) is 121 cm³/mol. The fourth-order valence-corrected chi connectivity index (χ4v) is 5.62. The maximum atomic E-state index is 14.1. The molecule has 0 bridgehead atoms. The predicted octanol–water partition coefficient (Wildman–Crippen LogP) is 4.10. The van der Waals surface area contributed by atoms with Crippen molar-refractivity contribution in [3.05, 3.63) is 59.7 Å². The molecular formula is C25H27FNO4S+. The van der Waals surface area contributed by atoms with E-state index in [9.17, 15) is 22.7 Å². The van der Waals surface area contributed by atoms with Gasteiger partial charge in [0.05, 0.1) is 27.7 Å². The number of carbonyl (C=O) groups excluding carboxylic acids is 1. The zero-order valence-corrected chi connectivity index (χ0v) is 19.0. The number of halogens is 1. The van der Waals surface area contributed by atoms with Crippen LogP contribution in [0.15, 0.2) is 47.5 Å². The highest BCUT2D eigenvalue weighted by Gasteiger charge is 2.27. The molecule has 0 radical (unpaired) electrons. The summed E-state index contributed by atoms with van der Waals surface area (Å²) in [6.07, 6.45) is 5.21. The van der Waals surface area contributed by atoms with Crippen LogP contribution >= 0.6 is 0 Å². The SMILES string of the molecule is CCS(=O)(=O)c1ccc(C2CCC(O)CC2)c(-c2c[n+](C)c(C=O)c3cc(F)ccc23)c1. The highest BCUT2D eigenvalue weighted by Crippen LogP contribution is 2.41. The summed E-state index contributed by atoms with van der Waals surface area (Å²) in [7, 11) is -1.71. The minimum atomic E-state index is -3.43. The van der Waals surface area contributed by atoms with Crippen LogP contribution in [0.5, 0.6) is 0 Å². The smallest absolute Gasteiger partial charge is 0.253 e. The van der Waals surface area contributed by atoms with Gasteiger partial charge in [-0.15, -0.1) is 0 Å². The number of aryl methyl sites for hydroxylation is 1. The second-order valence-electron chi connectivity index (χ2n) is 8.50. The van der Waals surface area contributed by atoms with Crippen LogP contribution in [0.4, 0.5) is 4.39 Å². The molecular weight excluding hydrogens is 429 g/mol. The zero-order chi connectivity index (χ0) is 23.0. The van der Waals surface area contributed by atoms with Crippen molar-refractivity contribution in [1.82, 2.24) is 0 Å². The van der Waals surface area contributed by atoms with Crippen molar-refractivity contribution in [3.8, 4) is 11.1 Å². The maximum Gasteiger partial charge on any atom is 0.253 e. The standard InChI is InChI=1S/C25H27FNO4S/c1-3-32(30,31)19-9-11-20(16-4-7-18(29)8-5-16)22(13-19)24-14-27(2)25(15-28)23-12-17(26)6-10-21(23)24/h6,9-16,18,29H,3-5,7-8H2,1-2H3/q+1. The summed E-state index contributed by atoms with van der Waals surface area (Å²) >= 11 is 0. The minimum absolute atomic E-state index is 0.00871. The van der Waals surface area contributed by atoms with E-state index in [1.807, 2.05) is 12.3 Å². The Hall–Kier alpha value is -2.64. The van der Waals surface area contributed by atoms with Gasteiger partial charge in [-0.1, -0.05) is 19.1 Å². The number of hydrogen-bond donors (Lipinski definition) is 1. The van der Waals surface area contributed by atoms with Gasteiger partial charge in [0.15, 0.2) is 16.0 Å². The topological polar surface area (TPSA) is 75.3 Å². The second-order valence-corrected chi connectivity index (χ2v) is 10.8. The van der Waals surface area contributed by atoms with Crippen LogP contribution in [-0.2, 0) is 16.9 Å². The van der Waals surface area contributed by atoms with Crippen LogP contribution < -0.4 is 4.57 Å². The van der Waals surface area contributed by atoms with Crippen molar-refractivity contribution in [1.29, 1.82) is 0 Å². The molecule has 0 atom stereocenters. The first kappa shape index (κ1) is 22.6. The first-order chi connectivity index (χ1) is 15.2. The zero-order valence-electron chi connectivity index (χ0n) is 18.2. The molecule has 32 heavy (non-hydrogen) atoms. The number of aldehydes is 1. The average molecular weight is 457 g/mol. The van der Waals surface area contributed by atoms with Crippen molar-refractivity contribution in [2.45, 2.75) is 49.5 Å².